The zero-order valence-electron chi connectivity index (χ0n) is 12.1. The van der Waals surface area contributed by atoms with E-state index in [-0.39, 0.29) is 18.5 Å². The Bertz CT molecular complexity index is 406. The smallest absolute Gasteiger partial charge is 0.389 e. The average Bonchev–Trinajstić information content (AvgIpc) is 2.37. The first-order valence-corrected chi connectivity index (χ1v) is 6.78. The summed E-state index contributed by atoms with van der Waals surface area (Å²) in [6.07, 6.45) is -4.11. The molecule has 20 heavy (non-hydrogen) atoms. The van der Waals surface area contributed by atoms with Crippen LogP contribution in [-0.2, 0) is 0 Å². The van der Waals surface area contributed by atoms with Gasteiger partial charge in [0.05, 0.1) is 7.11 Å². The molecule has 0 amide bonds. The summed E-state index contributed by atoms with van der Waals surface area (Å²) >= 11 is 0. The number of nitrogens with one attached hydrogen (secondary N) is 1. The first-order chi connectivity index (χ1) is 9.31. The molecule has 0 bridgehead atoms. The number of alkyl halides is 3. The molecule has 2 nitrogen and oxygen atoms in total. The molecule has 0 aliphatic heterocycles. The molecule has 0 aromatic heterocycles. The van der Waals surface area contributed by atoms with Gasteiger partial charge in [0.1, 0.15) is 5.75 Å². The van der Waals surface area contributed by atoms with Crippen molar-refractivity contribution in [2.24, 2.45) is 0 Å². The van der Waals surface area contributed by atoms with Gasteiger partial charge in [0.15, 0.2) is 0 Å². The van der Waals surface area contributed by atoms with Crippen molar-refractivity contribution in [3.63, 3.8) is 0 Å². The molecule has 0 spiro atoms. The van der Waals surface area contributed by atoms with Crippen LogP contribution in [-0.4, -0.2) is 19.3 Å². The Morgan fingerprint density at radius 2 is 1.95 bits per heavy atom. The van der Waals surface area contributed by atoms with Crippen molar-refractivity contribution in [2.75, 3.05) is 7.11 Å². The normalized spacial score (nSPS) is 14.9. The van der Waals surface area contributed by atoms with Crippen molar-refractivity contribution in [3.05, 3.63) is 29.8 Å². The molecular formula is C15H22F3NO. The molecule has 1 aromatic carbocycles. The summed E-state index contributed by atoms with van der Waals surface area (Å²) in [5, 5.41) is 3.31. The second kappa shape index (κ2) is 7.53. The van der Waals surface area contributed by atoms with Crippen LogP contribution in [0.2, 0.25) is 0 Å². The van der Waals surface area contributed by atoms with E-state index >= 15 is 0 Å². The van der Waals surface area contributed by atoms with Gasteiger partial charge in [-0.1, -0.05) is 12.1 Å². The molecule has 0 aliphatic carbocycles. The lowest BCUT2D eigenvalue weighted by atomic mass is 10.1. The highest BCUT2D eigenvalue weighted by molar-refractivity contribution is 5.30. The number of benzene rings is 1. The summed E-state index contributed by atoms with van der Waals surface area (Å²) in [6.45, 7) is 3.90. The molecule has 0 fully saturated rings. The van der Waals surface area contributed by atoms with E-state index < -0.39 is 12.6 Å². The van der Waals surface area contributed by atoms with Crippen LogP contribution in [0.3, 0.4) is 0 Å². The third-order valence-corrected chi connectivity index (χ3v) is 3.23. The summed E-state index contributed by atoms with van der Waals surface area (Å²) in [4.78, 5) is 0. The Kier molecular flexibility index (Phi) is 6.33. The van der Waals surface area contributed by atoms with Crippen molar-refractivity contribution in [3.8, 4) is 5.75 Å². The van der Waals surface area contributed by atoms with Gasteiger partial charge in [-0.2, -0.15) is 13.2 Å². The number of hydrogen-bond donors (Lipinski definition) is 1. The zero-order valence-corrected chi connectivity index (χ0v) is 12.1. The van der Waals surface area contributed by atoms with Crippen LogP contribution >= 0.6 is 0 Å². The largest absolute Gasteiger partial charge is 0.497 e. The van der Waals surface area contributed by atoms with Crippen LogP contribution in [0.25, 0.3) is 0 Å². The summed E-state index contributed by atoms with van der Waals surface area (Å²) in [5.41, 5.74) is 1.06. The first-order valence-electron chi connectivity index (χ1n) is 6.78. The van der Waals surface area contributed by atoms with Crippen LogP contribution in [0.1, 0.15) is 44.7 Å². The molecule has 5 heteroatoms. The zero-order chi connectivity index (χ0) is 15.2. The van der Waals surface area contributed by atoms with E-state index in [1.165, 1.54) is 0 Å². The van der Waals surface area contributed by atoms with Crippen molar-refractivity contribution in [1.82, 2.24) is 5.32 Å². The fourth-order valence-electron chi connectivity index (χ4n) is 2.13. The minimum Gasteiger partial charge on any atom is -0.497 e. The Labute approximate surface area is 118 Å². The third-order valence-electron chi connectivity index (χ3n) is 3.23. The van der Waals surface area contributed by atoms with Gasteiger partial charge in [-0.15, -0.1) is 0 Å². The van der Waals surface area contributed by atoms with Gasteiger partial charge < -0.3 is 10.1 Å². The fourth-order valence-corrected chi connectivity index (χ4v) is 2.13. The Morgan fingerprint density at radius 3 is 2.55 bits per heavy atom. The highest BCUT2D eigenvalue weighted by Crippen LogP contribution is 2.23. The highest BCUT2D eigenvalue weighted by Gasteiger charge is 2.26. The number of methoxy groups -OCH3 is 1. The molecule has 1 rings (SSSR count). The van der Waals surface area contributed by atoms with Crippen molar-refractivity contribution < 1.29 is 17.9 Å². The first kappa shape index (κ1) is 16.8. The van der Waals surface area contributed by atoms with E-state index in [0.29, 0.717) is 6.42 Å². The van der Waals surface area contributed by atoms with E-state index in [0.717, 1.165) is 11.3 Å². The lowest BCUT2D eigenvalue weighted by molar-refractivity contribution is -0.135. The van der Waals surface area contributed by atoms with E-state index in [1.807, 2.05) is 38.1 Å². The van der Waals surface area contributed by atoms with Crippen LogP contribution in [0.5, 0.6) is 5.75 Å². The molecule has 0 saturated heterocycles. The molecule has 2 atom stereocenters. The summed E-state index contributed by atoms with van der Waals surface area (Å²) in [5.74, 6) is 0.779. The average molecular weight is 289 g/mol. The fraction of sp³-hybridized carbons (Fsp3) is 0.600. The van der Waals surface area contributed by atoms with Crippen molar-refractivity contribution >= 4 is 0 Å². The molecule has 0 radical (unpaired) electrons. The maximum Gasteiger partial charge on any atom is 0.389 e. The SMILES string of the molecule is COc1cccc(C(C)NC(C)CCCC(F)(F)F)c1. The highest BCUT2D eigenvalue weighted by atomic mass is 19.4. The summed E-state index contributed by atoms with van der Waals surface area (Å²) in [6, 6.07) is 7.79. The van der Waals surface area contributed by atoms with Gasteiger partial charge >= 0.3 is 6.18 Å². The molecule has 2 unspecified atom stereocenters. The predicted molar refractivity (Wildman–Crippen MR) is 73.9 cm³/mol. The molecule has 0 saturated carbocycles. The maximum atomic E-state index is 12.1. The Hall–Kier alpha value is -1.23. The molecule has 0 heterocycles. The Morgan fingerprint density at radius 1 is 1.25 bits per heavy atom. The molecule has 114 valence electrons. The van der Waals surface area contributed by atoms with Crippen molar-refractivity contribution in [1.29, 1.82) is 0 Å². The quantitative estimate of drug-likeness (QED) is 0.799. The second-order valence-corrected chi connectivity index (χ2v) is 5.07. The standard InChI is InChI=1S/C15H22F3NO/c1-11(6-5-9-15(16,17)18)19-12(2)13-7-4-8-14(10-13)20-3/h4,7-8,10-12,19H,5-6,9H2,1-3H3. The van der Waals surface area contributed by atoms with Gasteiger partial charge in [-0.05, 0) is 44.4 Å². The number of hydrogen-bond acceptors (Lipinski definition) is 2. The lowest BCUT2D eigenvalue weighted by Gasteiger charge is -2.21. The van der Waals surface area contributed by atoms with Crippen LogP contribution < -0.4 is 10.1 Å². The summed E-state index contributed by atoms with van der Waals surface area (Å²) < 4.78 is 41.4. The summed E-state index contributed by atoms with van der Waals surface area (Å²) in [7, 11) is 1.61. The van der Waals surface area contributed by atoms with Crippen molar-refractivity contribution in [2.45, 2.75) is 51.4 Å². The number of halogens is 3. The van der Waals surface area contributed by atoms with Gasteiger partial charge in [-0.3, -0.25) is 0 Å². The van der Waals surface area contributed by atoms with Gasteiger partial charge in [-0.25, -0.2) is 0 Å². The maximum absolute atomic E-state index is 12.1. The van der Waals surface area contributed by atoms with Crippen LogP contribution in [0.4, 0.5) is 13.2 Å². The van der Waals surface area contributed by atoms with Crippen LogP contribution in [0.15, 0.2) is 24.3 Å². The van der Waals surface area contributed by atoms with Gasteiger partial charge in [0.25, 0.3) is 0 Å². The predicted octanol–water partition coefficient (Wildman–Crippen LogP) is 4.47. The molecule has 0 aliphatic rings. The lowest BCUT2D eigenvalue weighted by Crippen LogP contribution is -2.29. The van der Waals surface area contributed by atoms with E-state index in [1.54, 1.807) is 7.11 Å². The molecule has 1 N–H and O–H groups in total. The minimum absolute atomic E-state index is 0.0403. The van der Waals surface area contributed by atoms with Gasteiger partial charge in [0, 0.05) is 18.5 Å². The van der Waals surface area contributed by atoms with Gasteiger partial charge in [0.2, 0.25) is 0 Å². The minimum atomic E-state index is -4.06. The second-order valence-electron chi connectivity index (χ2n) is 5.07. The molecular weight excluding hydrogens is 267 g/mol. The number of rotatable bonds is 7. The van der Waals surface area contributed by atoms with E-state index in [4.69, 9.17) is 4.74 Å². The topological polar surface area (TPSA) is 21.3 Å². The number of ether oxygens (including phenoxy) is 1. The monoisotopic (exact) mass is 289 g/mol. The molecule has 1 aromatic rings. The van der Waals surface area contributed by atoms with E-state index in [9.17, 15) is 13.2 Å². The van der Waals surface area contributed by atoms with E-state index in [2.05, 4.69) is 5.32 Å². The van der Waals surface area contributed by atoms with Crippen LogP contribution in [0, 0.1) is 0 Å². The third kappa shape index (κ3) is 6.28. The Balaban J connectivity index is 2.42.